The number of hydrogen-bond donors (Lipinski definition) is 2. The van der Waals surface area contributed by atoms with E-state index in [1.807, 2.05) is 31.2 Å². The Labute approximate surface area is 146 Å². The second kappa shape index (κ2) is 12.2. The van der Waals surface area contributed by atoms with E-state index >= 15 is 0 Å². The quantitative estimate of drug-likeness (QED) is 0.685. The van der Waals surface area contributed by atoms with Gasteiger partial charge >= 0.3 is 0 Å². The Bertz CT molecular complexity index is 436. The predicted octanol–water partition coefficient (Wildman–Crippen LogP) is 2.89. The molecule has 0 bridgehead atoms. The summed E-state index contributed by atoms with van der Waals surface area (Å²) < 4.78 is 5.71. The van der Waals surface area contributed by atoms with E-state index in [-0.39, 0.29) is 18.3 Å². The molecule has 0 fully saturated rings. The topological polar surface area (TPSA) is 67.6 Å². The van der Waals surface area contributed by atoms with Crippen LogP contribution in [-0.4, -0.2) is 43.1 Å². The summed E-state index contributed by atoms with van der Waals surface area (Å²) in [6, 6.07) is 6.95. The van der Waals surface area contributed by atoms with E-state index in [0.717, 1.165) is 37.5 Å². The van der Waals surface area contributed by atoms with Crippen molar-refractivity contribution < 1.29 is 9.53 Å². The number of hydrogen-bond acceptors (Lipinski definition) is 4. The van der Waals surface area contributed by atoms with Gasteiger partial charge in [-0.05, 0) is 43.8 Å². The molecule has 0 spiro atoms. The first-order valence-corrected chi connectivity index (χ1v) is 8.12. The lowest BCUT2D eigenvalue weighted by Crippen LogP contribution is -2.35. The van der Waals surface area contributed by atoms with Crippen LogP contribution < -0.4 is 15.8 Å². The van der Waals surface area contributed by atoms with E-state index < -0.39 is 6.04 Å². The molecule has 0 aliphatic rings. The van der Waals surface area contributed by atoms with Crippen LogP contribution in [0.2, 0.25) is 0 Å². The Kier molecular flexibility index (Phi) is 11.5. The van der Waals surface area contributed by atoms with Crippen LogP contribution in [0.15, 0.2) is 24.3 Å². The van der Waals surface area contributed by atoms with Crippen molar-refractivity contribution in [3.05, 3.63) is 24.3 Å². The molecule has 1 rings (SSSR count). The number of anilines is 1. The maximum atomic E-state index is 11.8. The van der Waals surface area contributed by atoms with Crippen LogP contribution in [0, 0.1) is 0 Å². The van der Waals surface area contributed by atoms with Crippen molar-refractivity contribution in [2.24, 2.45) is 5.73 Å². The highest BCUT2D eigenvalue weighted by molar-refractivity contribution is 5.94. The molecule has 0 aliphatic carbocycles. The molecule has 1 amide bonds. The number of rotatable bonds is 10. The third-order valence-electron chi connectivity index (χ3n) is 3.63. The average Bonchev–Trinajstić information content (AvgIpc) is 2.53. The monoisotopic (exact) mass is 343 g/mol. The zero-order valence-electron chi connectivity index (χ0n) is 14.4. The van der Waals surface area contributed by atoms with Gasteiger partial charge in [-0.2, -0.15) is 0 Å². The Balaban J connectivity index is 0.00000484. The number of halogens is 1. The van der Waals surface area contributed by atoms with Crippen molar-refractivity contribution in [2.75, 3.05) is 31.6 Å². The Morgan fingerprint density at radius 2 is 1.83 bits per heavy atom. The molecule has 1 aromatic rings. The fourth-order valence-corrected chi connectivity index (χ4v) is 2.14. The number of carbonyl (C=O) groups is 1. The number of ether oxygens (including phenoxy) is 1. The number of amides is 1. The maximum Gasteiger partial charge on any atom is 0.241 e. The summed E-state index contributed by atoms with van der Waals surface area (Å²) >= 11 is 0. The van der Waals surface area contributed by atoms with Crippen LogP contribution in [0.4, 0.5) is 5.69 Å². The van der Waals surface area contributed by atoms with Gasteiger partial charge in [0.25, 0.3) is 0 Å². The van der Waals surface area contributed by atoms with Gasteiger partial charge in [0.1, 0.15) is 12.4 Å². The molecule has 1 unspecified atom stereocenters. The van der Waals surface area contributed by atoms with E-state index in [9.17, 15) is 4.79 Å². The second-order valence-corrected chi connectivity index (χ2v) is 5.28. The average molecular weight is 344 g/mol. The molecule has 1 aromatic carbocycles. The van der Waals surface area contributed by atoms with Gasteiger partial charge in [0, 0.05) is 12.2 Å². The highest BCUT2D eigenvalue weighted by Gasteiger charge is 2.12. The molecule has 1 atom stereocenters. The molecule has 0 saturated carbocycles. The van der Waals surface area contributed by atoms with Crippen molar-refractivity contribution >= 4 is 24.0 Å². The van der Waals surface area contributed by atoms with E-state index in [1.54, 1.807) is 0 Å². The van der Waals surface area contributed by atoms with Crippen molar-refractivity contribution in [3.63, 3.8) is 0 Å². The van der Waals surface area contributed by atoms with E-state index in [0.29, 0.717) is 13.0 Å². The summed E-state index contributed by atoms with van der Waals surface area (Å²) in [5.74, 6) is 0.667. The largest absolute Gasteiger partial charge is 0.492 e. The summed E-state index contributed by atoms with van der Waals surface area (Å²) in [6.07, 6.45) is 1.59. The van der Waals surface area contributed by atoms with Crippen LogP contribution >= 0.6 is 12.4 Å². The fraction of sp³-hybridized carbons (Fsp3) is 0.588. The highest BCUT2D eigenvalue weighted by Crippen LogP contribution is 2.16. The van der Waals surface area contributed by atoms with Crippen molar-refractivity contribution in [2.45, 2.75) is 39.7 Å². The number of benzene rings is 1. The van der Waals surface area contributed by atoms with Crippen molar-refractivity contribution in [1.82, 2.24) is 4.90 Å². The standard InChI is InChI=1S/C17H29N3O2.ClH/c1-4-7-16(18)17(21)19-14-8-10-15(11-9-14)22-13-12-20(5-2)6-3;/h8-11,16H,4-7,12-13,18H2,1-3H3,(H,19,21);1H. The van der Waals surface area contributed by atoms with Gasteiger partial charge in [0.2, 0.25) is 5.91 Å². The van der Waals surface area contributed by atoms with E-state index in [4.69, 9.17) is 10.5 Å². The van der Waals surface area contributed by atoms with Crippen LogP contribution in [0.1, 0.15) is 33.6 Å². The van der Waals surface area contributed by atoms with E-state index in [1.165, 1.54) is 0 Å². The number of nitrogens with zero attached hydrogens (tertiary/aromatic N) is 1. The highest BCUT2D eigenvalue weighted by atomic mass is 35.5. The minimum atomic E-state index is -0.449. The summed E-state index contributed by atoms with van der Waals surface area (Å²) in [5, 5.41) is 2.82. The lowest BCUT2D eigenvalue weighted by Gasteiger charge is -2.18. The number of likely N-dealkylation sites (N-methyl/N-ethyl adjacent to an activating group) is 1. The Morgan fingerprint density at radius 1 is 1.22 bits per heavy atom. The molecule has 132 valence electrons. The SMILES string of the molecule is CCCC(N)C(=O)Nc1ccc(OCCN(CC)CC)cc1.Cl. The zero-order valence-corrected chi connectivity index (χ0v) is 15.2. The summed E-state index contributed by atoms with van der Waals surface area (Å²) in [7, 11) is 0. The van der Waals surface area contributed by atoms with Crippen LogP contribution in [-0.2, 0) is 4.79 Å². The van der Waals surface area contributed by atoms with Gasteiger partial charge in [-0.1, -0.05) is 27.2 Å². The first-order chi connectivity index (χ1) is 10.6. The molecule has 6 heteroatoms. The Morgan fingerprint density at radius 3 is 2.35 bits per heavy atom. The Hall–Kier alpha value is -1.30. The van der Waals surface area contributed by atoms with Crippen molar-refractivity contribution in [1.29, 1.82) is 0 Å². The summed E-state index contributed by atoms with van der Waals surface area (Å²) in [5.41, 5.74) is 6.53. The van der Waals surface area contributed by atoms with Gasteiger partial charge in [-0.3, -0.25) is 4.79 Å². The number of nitrogens with one attached hydrogen (secondary N) is 1. The third-order valence-corrected chi connectivity index (χ3v) is 3.63. The maximum absolute atomic E-state index is 11.8. The minimum absolute atomic E-state index is 0. The molecule has 0 aliphatic heterocycles. The fourth-order valence-electron chi connectivity index (χ4n) is 2.14. The normalized spacial score (nSPS) is 11.7. The van der Waals surface area contributed by atoms with Crippen LogP contribution in [0.5, 0.6) is 5.75 Å². The zero-order chi connectivity index (χ0) is 16.4. The van der Waals surface area contributed by atoms with Gasteiger partial charge in [-0.15, -0.1) is 12.4 Å². The van der Waals surface area contributed by atoms with Gasteiger partial charge in [0.15, 0.2) is 0 Å². The second-order valence-electron chi connectivity index (χ2n) is 5.28. The molecule has 5 nitrogen and oxygen atoms in total. The summed E-state index contributed by atoms with van der Waals surface area (Å²) in [4.78, 5) is 14.1. The van der Waals surface area contributed by atoms with Gasteiger partial charge < -0.3 is 20.7 Å². The van der Waals surface area contributed by atoms with Crippen LogP contribution in [0.3, 0.4) is 0 Å². The molecule has 0 saturated heterocycles. The van der Waals surface area contributed by atoms with Crippen LogP contribution in [0.25, 0.3) is 0 Å². The molecule has 0 heterocycles. The predicted molar refractivity (Wildman–Crippen MR) is 98.5 cm³/mol. The number of carbonyl (C=O) groups excluding carboxylic acids is 1. The smallest absolute Gasteiger partial charge is 0.241 e. The van der Waals surface area contributed by atoms with Gasteiger partial charge in [-0.25, -0.2) is 0 Å². The van der Waals surface area contributed by atoms with Gasteiger partial charge in [0.05, 0.1) is 6.04 Å². The number of nitrogens with two attached hydrogens (primary N) is 1. The molecule has 0 radical (unpaired) electrons. The molecular weight excluding hydrogens is 314 g/mol. The minimum Gasteiger partial charge on any atom is -0.492 e. The first-order valence-electron chi connectivity index (χ1n) is 8.12. The summed E-state index contributed by atoms with van der Waals surface area (Å²) in [6.45, 7) is 9.93. The molecule has 23 heavy (non-hydrogen) atoms. The lowest BCUT2D eigenvalue weighted by atomic mass is 10.1. The first kappa shape index (κ1) is 21.7. The van der Waals surface area contributed by atoms with Crippen molar-refractivity contribution in [3.8, 4) is 5.75 Å². The molecular formula is C17H30ClN3O2. The third kappa shape index (κ3) is 8.21. The lowest BCUT2D eigenvalue weighted by molar-refractivity contribution is -0.117. The molecule has 3 N–H and O–H groups in total. The molecule has 0 aromatic heterocycles. The van der Waals surface area contributed by atoms with E-state index in [2.05, 4.69) is 24.1 Å².